The van der Waals surface area contributed by atoms with Gasteiger partial charge in [-0.25, -0.2) is 0 Å². The molecule has 0 spiro atoms. The Kier molecular flexibility index (Phi) is 3.14. The minimum atomic E-state index is -0.230. The Bertz CT molecular complexity index is 608. The van der Waals surface area contributed by atoms with Gasteiger partial charge in [-0.05, 0) is 19.9 Å². The molecule has 0 aliphatic rings. The second-order valence-corrected chi connectivity index (χ2v) is 4.25. The first-order chi connectivity index (χ1) is 8.47. The Morgan fingerprint density at radius 3 is 2.56 bits per heavy atom. The van der Waals surface area contributed by atoms with E-state index in [1.54, 1.807) is 33.2 Å². The summed E-state index contributed by atoms with van der Waals surface area (Å²) in [6.07, 6.45) is 2.90. The topological polar surface area (TPSA) is 65.1 Å². The highest BCUT2D eigenvalue weighted by Gasteiger charge is 2.18. The molecule has 18 heavy (non-hydrogen) atoms. The van der Waals surface area contributed by atoms with E-state index in [2.05, 4.69) is 5.10 Å². The Labute approximate surface area is 104 Å². The maximum Gasteiger partial charge on any atom is 0.174 e. The molecule has 0 atom stereocenters. The summed E-state index contributed by atoms with van der Waals surface area (Å²) in [7, 11) is 1.72. The zero-order valence-corrected chi connectivity index (χ0v) is 10.6. The number of ketones is 2. The fraction of sp³-hybridized carbons (Fsp3) is 0.308. The van der Waals surface area contributed by atoms with E-state index in [4.69, 9.17) is 4.42 Å². The first-order valence-corrected chi connectivity index (χ1v) is 5.59. The number of furan rings is 1. The maximum atomic E-state index is 12.0. The quantitative estimate of drug-likeness (QED) is 0.612. The number of nitrogens with zero attached hydrogens (tertiary/aromatic N) is 2. The largest absolute Gasteiger partial charge is 0.466 e. The number of hydrogen-bond acceptors (Lipinski definition) is 4. The molecule has 5 heteroatoms. The molecule has 2 heterocycles. The lowest BCUT2D eigenvalue weighted by Gasteiger charge is -1.97. The molecule has 2 aromatic rings. The standard InChI is InChI=1S/C13H14N2O3/c1-8-4-11(9(2)18-8)13(17)5-12(16)10-6-14-15(3)7-10/h4,6-7H,5H2,1-3H3. The van der Waals surface area contributed by atoms with Crippen molar-refractivity contribution >= 4 is 11.6 Å². The fourth-order valence-electron chi connectivity index (χ4n) is 1.82. The van der Waals surface area contributed by atoms with Crippen LogP contribution in [0.1, 0.15) is 38.7 Å². The van der Waals surface area contributed by atoms with Crippen LogP contribution < -0.4 is 0 Å². The van der Waals surface area contributed by atoms with Crippen LogP contribution in [0.5, 0.6) is 0 Å². The second kappa shape index (κ2) is 4.60. The van der Waals surface area contributed by atoms with Crippen molar-refractivity contribution in [1.29, 1.82) is 0 Å². The van der Waals surface area contributed by atoms with Crippen LogP contribution in [-0.2, 0) is 7.05 Å². The molecule has 5 nitrogen and oxygen atoms in total. The molecule has 0 radical (unpaired) electrons. The first kappa shape index (κ1) is 12.3. The molecule has 0 aliphatic heterocycles. The van der Waals surface area contributed by atoms with Crippen molar-refractivity contribution < 1.29 is 14.0 Å². The summed E-state index contributed by atoms with van der Waals surface area (Å²) in [6, 6.07) is 1.66. The van der Waals surface area contributed by atoms with E-state index in [1.165, 1.54) is 10.9 Å². The third kappa shape index (κ3) is 2.40. The lowest BCUT2D eigenvalue weighted by Crippen LogP contribution is -2.08. The van der Waals surface area contributed by atoms with E-state index in [-0.39, 0.29) is 18.0 Å². The normalized spacial score (nSPS) is 10.6. The van der Waals surface area contributed by atoms with Gasteiger partial charge in [0.05, 0.1) is 23.7 Å². The first-order valence-electron chi connectivity index (χ1n) is 5.59. The van der Waals surface area contributed by atoms with Gasteiger partial charge in [0.15, 0.2) is 11.6 Å². The molecule has 2 rings (SSSR count). The van der Waals surface area contributed by atoms with E-state index in [0.29, 0.717) is 22.6 Å². The molecule has 0 bridgehead atoms. The molecule has 2 aromatic heterocycles. The van der Waals surface area contributed by atoms with Gasteiger partial charge < -0.3 is 4.42 Å². The van der Waals surface area contributed by atoms with E-state index in [9.17, 15) is 9.59 Å². The maximum absolute atomic E-state index is 12.0. The summed E-state index contributed by atoms with van der Waals surface area (Å²) >= 11 is 0. The Morgan fingerprint density at radius 2 is 2.06 bits per heavy atom. The summed E-state index contributed by atoms with van der Waals surface area (Å²) in [6.45, 7) is 3.49. The Hall–Kier alpha value is -2.17. The molecule has 0 saturated heterocycles. The highest BCUT2D eigenvalue weighted by atomic mass is 16.3. The van der Waals surface area contributed by atoms with Gasteiger partial charge in [0.2, 0.25) is 0 Å². The van der Waals surface area contributed by atoms with Gasteiger partial charge in [0, 0.05) is 13.2 Å². The average molecular weight is 246 g/mol. The summed E-state index contributed by atoms with van der Waals surface area (Å²) in [4.78, 5) is 23.8. The monoisotopic (exact) mass is 246 g/mol. The molecule has 0 aliphatic carbocycles. The second-order valence-electron chi connectivity index (χ2n) is 4.25. The zero-order chi connectivity index (χ0) is 13.3. The van der Waals surface area contributed by atoms with Crippen LogP contribution >= 0.6 is 0 Å². The van der Waals surface area contributed by atoms with Gasteiger partial charge in [0.1, 0.15) is 11.5 Å². The third-order valence-corrected chi connectivity index (χ3v) is 2.69. The summed E-state index contributed by atoms with van der Waals surface area (Å²) in [5, 5.41) is 3.91. The van der Waals surface area contributed by atoms with Crippen LogP contribution in [0.4, 0.5) is 0 Å². The highest BCUT2D eigenvalue weighted by molar-refractivity contribution is 6.13. The van der Waals surface area contributed by atoms with Crippen molar-refractivity contribution in [1.82, 2.24) is 9.78 Å². The van der Waals surface area contributed by atoms with E-state index >= 15 is 0 Å². The number of hydrogen-bond donors (Lipinski definition) is 0. The van der Waals surface area contributed by atoms with Crippen molar-refractivity contribution in [2.45, 2.75) is 20.3 Å². The van der Waals surface area contributed by atoms with Crippen LogP contribution in [0.25, 0.3) is 0 Å². The van der Waals surface area contributed by atoms with Crippen LogP contribution in [0.15, 0.2) is 22.9 Å². The average Bonchev–Trinajstić information content (AvgIpc) is 2.84. The van der Waals surface area contributed by atoms with E-state index < -0.39 is 0 Å². The number of Topliss-reactive ketones (excluding diaryl/α,β-unsaturated/α-hetero) is 2. The molecule has 0 unspecified atom stereocenters. The zero-order valence-electron chi connectivity index (χ0n) is 10.6. The predicted molar refractivity (Wildman–Crippen MR) is 64.7 cm³/mol. The van der Waals surface area contributed by atoms with Crippen molar-refractivity contribution in [3.05, 3.63) is 41.1 Å². The molecular formula is C13H14N2O3. The van der Waals surface area contributed by atoms with E-state index in [0.717, 1.165) is 0 Å². The molecular weight excluding hydrogens is 232 g/mol. The fourth-order valence-corrected chi connectivity index (χ4v) is 1.82. The minimum absolute atomic E-state index is 0.161. The number of carbonyl (C=O) groups excluding carboxylic acids is 2. The lowest BCUT2D eigenvalue weighted by atomic mass is 10.0. The van der Waals surface area contributed by atoms with Crippen LogP contribution in [0.2, 0.25) is 0 Å². The number of aryl methyl sites for hydroxylation is 3. The molecule has 0 fully saturated rings. The van der Waals surface area contributed by atoms with Gasteiger partial charge in [-0.15, -0.1) is 0 Å². The van der Waals surface area contributed by atoms with Crippen molar-refractivity contribution in [2.24, 2.45) is 7.05 Å². The van der Waals surface area contributed by atoms with Gasteiger partial charge in [0.25, 0.3) is 0 Å². The van der Waals surface area contributed by atoms with E-state index in [1.807, 2.05) is 0 Å². The van der Waals surface area contributed by atoms with Crippen LogP contribution in [0, 0.1) is 13.8 Å². The van der Waals surface area contributed by atoms with Gasteiger partial charge >= 0.3 is 0 Å². The minimum Gasteiger partial charge on any atom is -0.466 e. The smallest absolute Gasteiger partial charge is 0.174 e. The third-order valence-electron chi connectivity index (χ3n) is 2.69. The SMILES string of the molecule is Cc1cc(C(=O)CC(=O)c2cnn(C)c2)c(C)o1. The van der Waals surface area contributed by atoms with Crippen molar-refractivity contribution in [3.63, 3.8) is 0 Å². The summed E-state index contributed by atoms with van der Waals surface area (Å²) < 4.78 is 6.81. The lowest BCUT2D eigenvalue weighted by molar-refractivity contribution is 0.0893. The molecule has 94 valence electrons. The number of rotatable bonds is 4. The predicted octanol–water partition coefficient (Wildman–Crippen LogP) is 2.09. The van der Waals surface area contributed by atoms with Gasteiger partial charge in [-0.3, -0.25) is 14.3 Å². The highest BCUT2D eigenvalue weighted by Crippen LogP contribution is 2.16. The Balaban J connectivity index is 2.13. The molecule has 0 aromatic carbocycles. The molecule has 0 amide bonds. The van der Waals surface area contributed by atoms with Gasteiger partial charge in [-0.1, -0.05) is 0 Å². The van der Waals surface area contributed by atoms with Crippen LogP contribution in [0.3, 0.4) is 0 Å². The van der Waals surface area contributed by atoms with Gasteiger partial charge in [-0.2, -0.15) is 5.10 Å². The molecule has 0 saturated carbocycles. The van der Waals surface area contributed by atoms with Crippen LogP contribution in [-0.4, -0.2) is 21.3 Å². The summed E-state index contributed by atoms with van der Waals surface area (Å²) in [5.74, 6) is 0.769. The summed E-state index contributed by atoms with van der Waals surface area (Å²) in [5.41, 5.74) is 0.925. The van der Waals surface area contributed by atoms with Crippen molar-refractivity contribution in [2.75, 3.05) is 0 Å². The van der Waals surface area contributed by atoms with Crippen molar-refractivity contribution in [3.8, 4) is 0 Å². The number of aromatic nitrogens is 2. The Morgan fingerprint density at radius 1 is 1.33 bits per heavy atom. The number of carbonyl (C=O) groups is 2. The molecule has 0 N–H and O–H groups in total.